The van der Waals surface area contributed by atoms with Gasteiger partial charge in [-0.1, -0.05) is 132 Å². The van der Waals surface area contributed by atoms with Crippen molar-refractivity contribution in [2.24, 2.45) is 17.3 Å². The van der Waals surface area contributed by atoms with Crippen LogP contribution in [0.5, 0.6) is 0 Å². The van der Waals surface area contributed by atoms with E-state index >= 15 is 0 Å². The molecule has 1 saturated carbocycles. The summed E-state index contributed by atoms with van der Waals surface area (Å²) in [5, 5.41) is 10.8. The van der Waals surface area contributed by atoms with E-state index in [2.05, 4.69) is 34.6 Å². The number of rotatable bonds is 15. The lowest BCUT2D eigenvalue weighted by Gasteiger charge is -2.04. The normalized spacial score (nSPS) is 19.0. The summed E-state index contributed by atoms with van der Waals surface area (Å²) in [6.45, 7) is 5.75. The molecular weight excluding hydrogens is 531 g/mol. The standard InChI is InChI=1S/C29H39ClF3N3OS/c1-4-5-6-7-8-9-10-11-12-13-14-20-15-17-21(18-16-20)26-35-36-27(38-26)34-25(37)24-22(28(24,2)3)19-23(30)29(31,32)33/h15-19,22,24H,4-14H2,1-3H3,(H,34,36,37)/b23-19+. The summed E-state index contributed by atoms with van der Waals surface area (Å²) in [7, 11) is 0. The second kappa shape index (κ2) is 13.9. The number of hydrogen-bond acceptors (Lipinski definition) is 4. The Hall–Kier alpha value is -1.93. The number of nitrogens with one attached hydrogen (secondary N) is 1. The van der Waals surface area contributed by atoms with Crippen LogP contribution in [0.3, 0.4) is 0 Å². The summed E-state index contributed by atoms with van der Waals surface area (Å²) in [6.07, 6.45) is 10.6. The zero-order valence-electron chi connectivity index (χ0n) is 22.5. The van der Waals surface area contributed by atoms with E-state index in [1.807, 2.05) is 12.1 Å². The lowest BCUT2D eigenvalue weighted by atomic mass is 10.0. The number of alkyl halides is 3. The van der Waals surface area contributed by atoms with Gasteiger partial charge in [-0.2, -0.15) is 13.2 Å². The molecular formula is C29H39ClF3N3OS. The maximum atomic E-state index is 12.8. The quantitative estimate of drug-likeness (QED) is 0.217. The van der Waals surface area contributed by atoms with Gasteiger partial charge in [0.05, 0.1) is 5.92 Å². The minimum absolute atomic E-state index is 0.326. The van der Waals surface area contributed by atoms with Crippen molar-refractivity contribution in [1.82, 2.24) is 10.2 Å². The molecule has 0 bridgehead atoms. The highest BCUT2D eigenvalue weighted by Gasteiger charge is 2.61. The van der Waals surface area contributed by atoms with Crippen LogP contribution in [-0.4, -0.2) is 22.3 Å². The minimum atomic E-state index is -4.61. The van der Waals surface area contributed by atoms with Gasteiger partial charge in [0.1, 0.15) is 10.0 Å². The third-order valence-electron chi connectivity index (χ3n) is 7.46. The highest BCUT2D eigenvalue weighted by atomic mass is 35.5. The van der Waals surface area contributed by atoms with E-state index in [4.69, 9.17) is 11.6 Å². The number of halogens is 4. The highest BCUT2D eigenvalue weighted by Crippen LogP contribution is 2.60. The van der Waals surface area contributed by atoms with Gasteiger partial charge in [0.15, 0.2) is 0 Å². The average molecular weight is 570 g/mol. The SMILES string of the molecule is CCCCCCCCCCCCc1ccc(-c2nnc(NC(=O)C3C(/C=C(/Cl)C(F)(F)F)C3(C)C)s2)cc1. The fourth-order valence-electron chi connectivity index (χ4n) is 4.95. The first kappa shape index (κ1) is 30.6. The highest BCUT2D eigenvalue weighted by molar-refractivity contribution is 7.18. The summed E-state index contributed by atoms with van der Waals surface area (Å²) >= 11 is 6.63. The van der Waals surface area contributed by atoms with Crippen molar-refractivity contribution < 1.29 is 18.0 Å². The van der Waals surface area contributed by atoms with E-state index in [1.54, 1.807) is 13.8 Å². The van der Waals surface area contributed by atoms with E-state index in [-0.39, 0.29) is 5.91 Å². The van der Waals surface area contributed by atoms with E-state index in [0.717, 1.165) is 18.1 Å². The molecule has 38 heavy (non-hydrogen) atoms. The number of nitrogens with zero attached hydrogens (tertiary/aromatic N) is 2. The van der Waals surface area contributed by atoms with E-state index < -0.39 is 28.5 Å². The Morgan fingerprint density at radius 3 is 2.16 bits per heavy atom. The number of aromatic nitrogens is 2. The number of amides is 1. The van der Waals surface area contributed by atoms with Crippen molar-refractivity contribution in [1.29, 1.82) is 0 Å². The molecule has 9 heteroatoms. The number of benzene rings is 1. The molecule has 3 rings (SSSR count). The second-order valence-corrected chi connectivity index (χ2v) is 12.3. The number of allylic oxidation sites excluding steroid dienone is 2. The fraction of sp³-hybridized carbons (Fsp3) is 0.621. The predicted octanol–water partition coefficient (Wildman–Crippen LogP) is 9.56. The van der Waals surface area contributed by atoms with Gasteiger partial charge in [-0.15, -0.1) is 10.2 Å². The minimum Gasteiger partial charge on any atom is -0.300 e. The third kappa shape index (κ3) is 8.80. The molecule has 2 atom stereocenters. The first-order chi connectivity index (χ1) is 18.0. The monoisotopic (exact) mass is 569 g/mol. The summed E-state index contributed by atoms with van der Waals surface area (Å²) in [5.74, 6) is -1.58. The summed E-state index contributed by atoms with van der Waals surface area (Å²) < 4.78 is 38.4. The van der Waals surface area contributed by atoms with Crippen LogP contribution in [0.25, 0.3) is 10.6 Å². The Morgan fingerprint density at radius 2 is 1.58 bits per heavy atom. The summed E-state index contributed by atoms with van der Waals surface area (Å²) in [5.41, 5.74) is 1.59. The number of unbranched alkanes of at least 4 members (excludes halogenated alkanes) is 9. The van der Waals surface area contributed by atoms with Gasteiger partial charge in [-0.3, -0.25) is 4.79 Å². The number of aryl methyl sites for hydroxylation is 1. The molecule has 1 aromatic heterocycles. The molecule has 1 aromatic carbocycles. The van der Waals surface area contributed by atoms with Crippen LogP contribution in [0.15, 0.2) is 35.4 Å². The molecule has 1 fully saturated rings. The lowest BCUT2D eigenvalue weighted by Crippen LogP contribution is -2.16. The zero-order chi connectivity index (χ0) is 27.8. The largest absolute Gasteiger partial charge is 0.426 e. The van der Waals surface area contributed by atoms with Crippen LogP contribution in [0, 0.1) is 17.3 Å². The van der Waals surface area contributed by atoms with Crippen molar-refractivity contribution in [2.45, 2.75) is 97.6 Å². The number of carbonyl (C=O) groups excluding carboxylic acids is 1. The maximum absolute atomic E-state index is 12.8. The molecule has 0 spiro atoms. The van der Waals surface area contributed by atoms with Gasteiger partial charge in [-0.05, 0) is 29.7 Å². The molecule has 0 radical (unpaired) electrons. The number of anilines is 1. The lowest BCUT2D eigenvalue weighted by molar-refractivity contribution is -0.118. The van der Waals surface area contributed by atoms with Crippen LogP contribution in [0.4, 0.5) is 18.3 Å². The van der Waals surface area contributed by atoms with Crippen molar-refractivity contribution in [3.8, 4) is 10.6 Å². The molecule has 1 aliphatic rings. The average Bonchev–Trinajstić information content (AvgIpc) is 3.15. The zero-order valence-corrected chi connectivity index (χ0v) is 24.1. The van der Waals surface area contributed by atoms with Crippen LogP contribution in [0.2, 0.25) is 0 Å². The molecule has 0 saturated heterocycles. The van der Waals surface area contributed by atoms with Crippen molar-refractivity contribution in [2.75, 3.05) is 5.32 Å². The predicted molar refractivity (Wildman–Crippen MR) is 150 cm³/mol. The fourth-order valence-corrected chi connectivity index (χ4v) is 5.83. The Morgan fingerprint density at radius 1 is 1.00 bits per heavy atom. The topological polar surface area (TPSA) is 54.9 Å². The van der Waals surface area contributed by atoms with Gasteiger partial charge in [-0.25, -0.2) is 0 Å². The van der Waals surface area contributed by atoms with Crippen molar-refractivity contribution in [3.63, 3.8) is 0 Å². The maximum Gasteiger partial charge on any atom is 0.426 e. The van der Waals surface area contributed by atoms with Crippen LogP contribution >= 0.6 is 22.9 Å². The van der Waals surface area contributed by atoms with Crippen molar-refractivity contribution in [3.05, 3.63) is 40.9 Å². The summed E-state index contributed by atoms with van der Waals surface area (Å²) in [6, 6.07) is 8.25. The van der Waals surface area contributed by atoms with Crippen LogP contribution in [-0.2, 0) is 11.2 Å². The molecule has 2 unspecified atom stereocenters. The van der Waals surface area contributed by atoms with Crippen LogP contribution < -0.4 is 5.32 Å². The van der Waals surface area contributed by atoms with Gasteiger partial charge < -0.3 is 5.32 Å². The second-order valence-electron chi connectivity index (χ2n) is 10.9. The Bertz CT molecular complexity index is 1070. The van der Waals surface area contributed by atoms with Gasteiger partial charge in [0.25, 0.3) is 0 Å². The van der Waals surface area contributed by atoms with Gasteiger partial charge in [0, 0.05) is 5.56 Å². The molecule has 4 nitrogen and oxygen atoms in total. The third-order valence-corrected chi connectivity index (χ3v) is 8.69. The molecule has 2 aromatic rings. The Kier molecular flexibility index (Phi) is 11.2. The van der Waals surface area contributed by atoms with E-state index in [9.17, 15) is 18.0 Å². The van der Waals surface area contributed by atoms with Crippen molar-refractivity contribution >= 4 is 34.0 Å². The molecule has 1 amide bonds. The Labute approximate surface area is 233 Å². The van der Waals surface area contributed by atoms with Gasteiger partial charge in [0.2, 0.25) is 11.0 Å². The summed E-state index contributed by atoms with van der Waals surface area (Å²) in [4.78, 5) is 12.7. The smallest absolute Gasteiger partial charge is 0.300 e. The molecule has 0 aliphatic heterocycles. The van der Waals surface area contributed by atoms with Gasteiger partial charge >= 0.3 is 6.18 Å². The first-order valence-corrected chi connectivity index (χ1v) is 14.9. The molecule has 1 N–H and O–H groups in total. The van der Waals surface area contributed by atoms with Crippen LogP contribution in [0.1, 0.15) is 90.5 Å². The molecule has 210 valence electrons. The molecule has 1 aliphatic carbocycles. The van der Waals surface area contributed by atoms with E-state index in [1.165, 1.54) is 81.1 Å². The number of hydrogen-bond donors (Lipinski definition) is 1. The first-order valence-electron chi connectivity index (χ1n) is 13.7. The Balaban J connectivity index is 1.42. The van der Waals surface area contributed by atoms with E-state index in [0.29, 0.717) is 10.1 Å². The molecule has 1 heterocycles. The number of carbonyl (C=O) groups is 1.